The molecule has 118 valence electrons. The Morgan fingerprint density at radius 1 is 1.13 bits per heavy atom. The van der Waals surface area contributed by atoms with Crippen molar-refractivity contribution in [3.8, 4) is 0 Å². The lowest BCUT2D eigenvalue weighted by atomic mass is 9.99. The topological polar surface area (TPSA) is 29.1 Å². The van der Waals surface area contributed by atoms with E-state index < -0.39 is 0 Å². The summed E-state index contributed by atoms with van der Waals surface area (Å²) in [5.41, 5.74) is 1.15. The van der Waals surface area contributed by atoms with Crippen molar-refractivity contribution in [2.75, 3.05) is 0 Å². The Labute approximate surface area is 145 Å². The van der Waals surface area contributed by atoms with Gasteiger partial charge in [0.2, 0.25) is 5.91 Å². The molecule has 3 aromatic rings. The number of thiophene rings is 1. The van der Waals surface area contributed by atoms with Crippen LogP contribution in [-0.4, -0.2) is 5.91 Å². The van der Waals surface area contributed by atoms with Crippen molar-refractivity contribution in [2.45, 2.75) is 25.8 Å². The third kappa shape index (κ3) is 3.92. The summed E-state index contributed by atoms with van der Waals surface area (Å²) in [6, 6.07) is 18.3. The molecule has 0 bridgehead atoms. The van der Waals surface area contributed by atoms with Crippen molar-refractivity contribution in [3.63, 3.8) is 0 Å². The lowest BCUT2D eigenvalue weighted by Crippen LogP contribution is -2.26. The molecule has 1 amide bonds. The van der Waals surface area contributed by atoms with E-state index in [0.29, 0.717) is 6.42 Å². The number of carbonyl (C=O) groups excluding carboxylic acids is 1. The lowest BCUT2D eigenvalue weighted by molar-refractivity contribution is -0.121. The van der Waals surface area contributed by atoms with Gasteiger partial charge in [-0.05, 0) is 41.8 Å². The maximum Gasteiger partial charge on any atom is 0.220 e. The monoisotopic (exact) mass is 343 g/mol. The summed E-state index contributed by atoms with van der Waals surface area (Å²) in [6.45, 7) is 2.03. The number of hydrogen-bond acceptors (Lipinski definition) is 2. The second-order valence-electron chi connectivity index (χ2n) is 5.56. The first-order chi connectivity index (χ1) is 11.1. The highest BCUT2D eigenvalue weighted by atomic mass is 35.5. The summed E-state index contributed by atoms with van der Waals surface area (Å²) in [7, 11) is 0. The fraction of sp³-hybridized carbons (Fsp3) is 0.211. The van der Waals surface area contributed by atoms with Crippen LogP contribution in [0.15, 0.2) is 54.6 Å². The number of aryl methyl sites for hydroxylation is 1. The van der Waals surface area contributed by atoms with Crippen LogP contribution < -0.4 is 5.32 Å². The van der Waals surface area contributed by atoms with Crippen molar-refractivity contribution in [1.29, 1.82) is 0 Å². The maximum atomic E-state index is 12.2. The Bertz CT molecular complexity index is 822. The van der Waals surface area contributed by atoms with Gasteiger partial charge < -0.3 is 5.32 Å². The van der Waals surface area contributed by atoms with Gasteiger partial charge in [0.25, 0.3) is 0 Å². The molecule has 0 aliphatic carbocycles. The molecular weight excluding hydrogens is 326 g/mol. The first kappa shape index (κ1) is 16.0. The molecule has 2 aromatic carbocycles. The number of benzene rings is 2. The molecule has 4 heteroatoms. The van der Waals surface area contributed by atoms with Gasteiger partial charge in [-0.15, -0.1) is 11.3 Å². The highest BCUT2D eigenvalue weighted by Crippen LogP contribution is 2.25. The molecule has 23 heavy (non-hydrogen) atoms. The number of fused-ring (bicyclic) bond motifs is 1. The standard InChI is InChI=1S/C19H18ClNOS/c1-13(16-8-4-6-14-5-2-3-7-17(14)16)21-19(22)12-10-15-9-11-18(20)23-15/h2-9,11,13H,10,12H2,1H3,(H,21,22)/t13-/m0/s1. The summed E-state index contributed by atoms with van der Waals surface area (Å²) in [5.74, 6) is 0.0648. The smallest absolute Gasteiger partial charge is 0.220 e. The lowest BCUT2D eigenvalue weighted by Gasteiger charge is -2.16. The summed E-state index contributed by atoms with van der Waals surface area (Å²) < 4.78 is 0.768. The van der Waals surface area contributed by atoms with Gasteiger partial charge in [0, 0.05) is 11.3 Å². The predicted molar refractivity (Wildman–Crippen MR) is 98.2 cm³/mol. The minimum atomic E-state index is -0.0134. The molecule has 1 aromatic heterocycles. The zero-order valence-corrected chi connectivity index (χ0v) is 14.5. The molecular formula is C19H18ClNOS. The third-order valence-corrected chi connectivity index (χ3v) is 5.19. The Kier molecular flexibility index (Phi) is 4.99. The van der Waals surface area contributed by atoms with Crippen molar-refractivity contribution in [3.05, 3.63) is 69.4 Å². The highest BCUT2D eigenvalue weighted by molar-refractivity contribution is 7.16. The number of carbonyl (C=O) groups is 1. The summed E-state index contributed by atoms with van der Waals surface area (Å²) in [4.78, 5) is 13.3. The Morgan fingerprint density at radius 2 is 1.91 bits per heavy atom. The summed E-state index contributed by atoms with van der Waals surface area (Å²) in [5, 5.41) is 5.48. The van der Waals surface area contributed by atoms with Crippen LogP contribution in [0.25, 0.3) is 10.8 Å². The van der Waals surface area contributed by atoms with Gasteiger partial charge in [-0.3, -0.25) is 4.79 Å². The van der Waals surface area contributed by atoms with Gasteiger partial charge in [-0.25, -0.2) is 0 Å². The normalized spacial score (nSPS) is 12.3. The first-order valence-electron chi connectivity index (χ1n) is 7.65. The van der Waals surface area contributed by atoms with Crippen LogP contribution in [0.2, 0.25) is 4.34 Å². The number of rotatable bonds is 5. The van der Waals surface area contributed by atoms with Gasteiger partial charge >= 0.3 is 0 Å². The molecule has 0 aliphatic rings. The van der Waals surface area contributed by atoms with Crippen LogP contribution in [0.1, 0.15) is 29.8 Å². The van der Waals surface area contributed by atoms with Gasteiger partial charge in [0.05, 0.1) is 10.4 Å². The minimum Gasteiger partial charge on any atom is -0.350 e. The molecule has 0 saturated carbocycles. The van der Waals surface area contributed by atoms with E-state index in [4.69, 9.17) is 11.6 Å². The molecule has 0 spiro atoms. The van der Waals surface area contributed by atoms with E-state index in [1.807, 2.05) is 37.3 Å². The van der Waals surface area contributed by atoms with E-state index in [0.717, 1.165) is 21.2 Å². The van der Waals surface area contributed by atoms with E-state index in [1.165, 1.54) is 22.1 Å². The molecule has 2 nitrogen and oxygen atoms in total. The number of halogens is 1. The highest BCUT2D eigenvalue weighted by Gasteiger charge is 2.12. The van der Waals surface area contributed by atoms with Gasteiger partial charge in [-0.1, -0.05) is 54.1 Å². The first-order valence-corrected chi connectivity index (χ1v) is 8.84. The number of nitrogens with one attached hydrogen (secondary N) is 1. The van der Waals surface area contributed by atoms with Crippen LogP contribution in [0.3, 0.4) is 0 Å². The predicted octanol–water partition coefficient (Wildman–Crippen LogP) is 5.36. The zero-order valence-electron chi connectivity index (χ0n) is 12.9. The second-order valence-corrected chi connectivity index (χ2v) is 7.36. The molecule has 0 radical (unpaired) electrons. The van der Waals surface area contributed by atoms with Crippen molar-refractivity contribution < 1.29 is 4.79 Å². The average molecular weight is 344 g/mol. The van der Waals surface area contributed by atoms with Crippen molar-refractivity contribution in [1.82, 2.24) is 5.32 Å². The summed E-state index contributed by atoms with van der Waals surface area (Å²) in [6.07, 6.45) is 1.21. The maximum absolute atomic E-state index is 12.2. The zero-order chi connectivity index (χ0) is 16.2. The number of amides is 1. The van der Waals surface area contributed by atoms with Crippen LogP contribution >= 0.6 is 22.9 Å². The SMILES string of the molecule is C[C@H](NC(=O)CCc1ccc(Cl)s1)c1cccc2ccccc12. The average Bonchev–Trinajstić information content (AvgIpc) is 2.98. The molecule has 3 rings (SSSR count). The Balaban J connectivity index is 1.65. The third-order valence-electron chi connectivity index (χ3n) is 3.89. The largest absolute Gasteiger partial charge is 0.350 e. The molecule has 0 fully saturated rings. The van der Waals surface area contributed by atoms with Gasteiger partial charge in [0.1, 0.15) is 0 Å². The second kappa shape index (κ2) is 7.16. The van der Waals surface area contributed by atoms with Gasteiger partial charge in [0.15, 0.2) is 0 Å². The van der Waals surface area contributed by atoms with Crippen molar-refractivity contribution >= 4 is 39.6 Å². The molecule has 0 saturated heterocycles. The van der Waals surface area contributed by atoms with E-state index in [2.05, 4.69) is 29.6 Å². The summed E-state index contributed by atoms with van der Waals surface area (Å²) >= 11 is 7.45. The van der Waals surface area contributed by atoms with Gasteiger partial charge in [-0.2, -0.15) is 0 Å². The van der Waals surface area contributed by atoms with Crippen molar-refractivity contribution in [2.24, 2.45) is 0 Å². The fourth-order valence-electron chi connectivity index (χ4n) is 2.74. The minimum absolute atomic E-state index is 0.0134. The fourth-order valence-corrected chi connectivity index (χ4v) is 3.83. The Morgan fingerprint density at radius 3 is 2.70 bits per heavy atom. The van der Waals surface area contributed by atoms with E-state index in [-0.39, 0.29) is 11.9 Å². The number of hydrogen-bond donors (Lipinski definition) is 1. The molecule has 0 unspecified atom stereocenters. The molecule has 1 N–H and O–H groups in total. The quantitative estimate of drug-likeness (QED) is 0.663. The van der Waals surface area contributed by atoms with Crippen LogP contribution in [0, 0.1) is 0 Å². The van der Waals surface area contributed by atoms with Crippen LogP contribution in [-0.2, 0) is 11.2 Å². The van der Waals surface area contributed by atoms with Crippen LogP contribution in [0.5, 0.6) is 0 Å². The van der Waals surface area contributed by atoms with Crippen LogP contribution in [0.4, 0.5) is 0 Å². The molecule has 1 heterocycles. The molecule has 0 aliphatic heterocycles. The van der Waals surface area contributed by atoms with E-state index in [1.54, 1.807) is 0 Å². The molecule has 1 atom stereocenters. The van der Waals surface area contributed by atoms with E-state index >= 15 is 0 Å². The Hall–Kier alpha value is -1.84. The van der Waals surface area contributed by atoms with E-state index in [9.17, 15) is 4.79 Å².